The molecular formula is C13H19OSi. The summed E-state index contributed by atoms with van der Waals surface area (Å²) in [6.07, 6.45) is 2.43. The second kappa shape index (κ2) is 4.84. The molecule has 1 aromatic carbocycles. The molecule has 1 unspecified atom stereocenters. The molecule has 0 saturated carbocycles. The van der Waals surface area contributed by atoms with E-state index in [0.717, 1.165) is 5.75 Å². The first-order valence-corrected chi connectivity index (χ1v) is 7.93. The van der Waals surface area contributed by atoms with Crippen molar-refractivity contribution in [3.8, 4) is 5.75 Å². The number of rotatable bonds is 3. The number of hydrogen-bond acceptors (Lipinski definition) is 1. The minimum absolute atomic E-state index is 0.288. The molecule has 81 valence electrons. The lowest BCUT2D eigenvalue weighted by Crippen LogP contribution is -2.37. The Morgan fingerprint density at radius 3 is 2.73 bits per heavy atom. The Labute approximate surface area is 94.1 Å². The molecule has 1 atom stereocenters. The smallest absolute Gasteiger partial charge is 0.122 e. The Morgan fingerprint density at radius 2 is 2.00 bits per heavy atom. The molecule has 0 spiro atoms. The van der Waals surface area contributed by atoms with Crippen molar-refractivity contribution < 1.29 is 4.74 Å². The second-order valence-electron chi connectivity index (χ2n) is 4.12. The summed E-state index contributed by atoms with van der Waals surface area (Å²) >= 11 is 0. The predicted molar refractivity (Wildman–Crippen MR) is 65.9 cm³/mol. The molecule has 1 aliphatic heterocycles. The monoisotopic (exact) mass is 219 g/mol. The highest BCUT2D eigenvalue weighted by molar-refractivity contribution is 6.60. The van der Waals surface area contributed by atoms with Gasteiger partial charge in [-0.25, -0.2) is 0 Å². The van der Waals surface area contributed by atoms with Gasteiger partial charge in [0.15, 0.2) is 0 Å². The van der Waals surface area contributed by atoms with Crippen molar-refractivity contribution in [2.24, 2.45) is 0 Å². The molecule has 0 aromatic heterocycles. The molecule has 1 radical (unpaired) electrons. The van der Waals surface area contributed by atoms with E-state index >= 15 is 0 Å². The van der Waals surface area contributed by atoms with E-state index in [1.165, 1.54) is 30.5 Å². The molecule has 0 amide bonds. The van der Waals surface area contributed by atoms with Gasteiger partial charge in [0.2, 0.25) is 0 Å². The minimum Gasteiger partial charge on any atom is -0.494 e. The van der Waals surface area contributed by atoms with Gasteiger partial charge in [-0.15, -0.1) is 0 Å². The maximum atomic E-state index is 6.12. The van der Waals surface area contributed by atoms with E-state index in [4.69, 9.17) is 4.74 Å². The second-order valence-corrected chi connectivity index (χ2v) is 7.49. The van der Waals surface area contributed by atoms with E-state index in [1.54, 1.807) is 0 Å². The number of fused-ring (bicyclic) bond motifs is 1. The third-order valence-electron chi connectivity index (χ3n) is 3.28. The van der Waals surface area contributed by atoms with Crippen LogP contribution in [0.2, 0.25) is 12.1 Å². The van der Waals surface area contributed by atoms with Crippen LogP contribution in [0.5, 0.6) is 5.75 Å². The fourth-order valence-electron chi connectivity index (χ4n) is 2.32. The van der Waals surface area contributed by atoms with Gasteiger partial charge in [0.05, 0.1) is 5.73 Å². The first kappa shape index (κ1) is 10.7. The zero-order valence-corrected chi connectivity index (χ0v) is 10.6. The van der Waals surface area contributed by atoms with Gasteiger partial charge in [-0.2, -0.15) is 0 Å². The molecule has 0 fully saturated rings. The van der Waals surface area contributed by atoms with Crippen molar-refractivity contribution >= 4 is 8.80 Å². The summed E-state index contributed by atoms with van der Waals surface area (Å²) in [4.78, 5) is 0. The number of benzene rings is 1. The molecule has 1 aliphatic rings. The fourth-order valence-corrected chi connectivity index (χ4v) is 4.57. The van der Waals surface area contributed by atoms with Crippen LogP contribution < -0.4 is 4.74 Å². The Balaban J connectivity index is 2.11. The molecule has 2 heteroatoms. The van der Waals surface area contributed by atoms with Gasteiger partial charge >= 0.3 is 0 Å². The molecule has 15 heavy (non-hydrogen) atoms. The highest BCUT2D eigenvalue weighted by Gasteiger charge is 2.26. The Hall–Kier alpha value is -0.763. The SMILES string of the molecule is CC[Si](CC)C1CCc2ccccc2O1. The maximum absolute atomic E-state index is 6.12. The molecule has 1 nitrogen and oxygen atoms in total. The van der Waals surface area contributed by atoms with Crippen LogP contribution in [-0.2, 0) is 6.42 Å². The lowest BCUT2D eigenvalue weighted by atomic mass is 10.1. The number of hydrogen-bond donors (Lipinski definition) is 0. The topological polar surface area (TPSA) is 9.23 Å². The molecule has 1 heterocycles. The summed E-state index contributed by atoms with van der Waals surface area (Å²) in [5, 5.41) is 0. The fraction of sp³-hybridized carbons (Fsp3) is 0.538. The van der Waals surface area contributed by atoms with E-state index in [-0.39, 0.29) is 8.80 Å². The van der Waals surface area contributed by atoms with Crippen molar-refractivity contribution in [3.05, 3.63) is 29.8 Å². The van der Waals surface area contributed by atoms with E-state index in [9.17, 15) is 0 Å². The molecular weight excluding hydrogens is 200 g/mol. The van der Waals surface area contributed by atoms with Crippen LogP contribution in [-0.4, -0.2) is 14.5 Å². The lowest BCUT2D eigenvalue weighted by Gasteiger charge is -2.30. The van der Waals surface area contributed by atoms with Gasteiger partial charge < -0.3 is 4.74 Å². The summed E-state index contributed by atoms with van der Waals surface area (Å²) < 4.78 is 6.12. The summed E-state index contributed by atoms with van der Waals surface area (Å²) in [5.41, 5.74) is 1.93. The van der Waals surface area contributed by atoms with Gasteiger partial charge in [0.25, 0.3) is 0 Å². The van der Waals surface area contributed by atoms with Crippen LogP contribution in [0.1, 0.15) is 25.8 Å². The Bertz CT molecular complexity index is 320. The van der Waals surface area contributed by atoms with Crippen LogP contribution in [0.4, 0.5) is 0 Å². The van der Waals surface area contributed by atoms with Crippen molar-refractivity contribution in [2.75, 3.05) is 0 Å². The zero-order valence-electron chi connectivity index (χ0n) is 9.62. The van der Waals surface area contributed by atoms with E-state index < -0.39 is 0 Å². The zero-order chi connectivity index (χ0) is 10.7. The average molecular weight is 219 g/mol. The number of ether oxygens (including phenoxy) is 1. The highest BCUT2D eigenvalue weighted by atomic mass is 28.3. The van der Waals surface area contributed by atoms with Crippen molar-refractivity contribution in [1.82, 2.24) is 0 Å². The van der Waals surface area contributed by atoms with E-state index in [2.05, 4.69) is 38.1 Å². The van der Waals surface area contributed by atoms with Gasteiger partial charge in [-0.1, -0.05) is 44.1 Å². The van der Waals surface area contributed by atoms with Crippen LogP contribution in [0, 0.1) is 0 Å². The third-order valence-corrected chi connectivity index (χ3v) is 6.41. The standard InChI is InChI=1S/C13H19OSi/c1-3-15(4-2)13-10-9-11-7-5-6-8-12(11)14-13/h5-8,13H,3-4,9-10H2,1-2H3. The molecule has 0 aliphatic carbocycles. The first-order valence-electron chi connectivity index (χ1n) is 5.94. The summed E-state index contributed by atoms with van der Waals surface area (Å²) in [6, 6.07) is 11.1. The third kappa shape index (κ3) is 2.25. The summed E-state index contributed by atoms with van der Waals surface area (Å²) in [5.74, 6) is 1.14. The number of aryl methyl sites for hydroxylation is 1. The van der Waals surface area contributed by atoms with Crippen LogP contribution in [0.15, 0.2) is 24.3 Å². The van der Waals surface area contributed by atoms with Crippen LogP contribution in [0.3, 0.4) is 0 Å². The molecule has 1 aromatic rings. The highest BCUT2D eigenvalue weighted by Crippen LogP contribution is 2.29. The lowest BCUT2D eigenvalue weighted by molar-refractivity contribution is 0.240. The normalized spacial score (nSPS) is 19.8. The van der Waals surface area contributed by atoms with Crippen molar-refractivity contribution in [1.29, 1.82) is 0 Å². The average Bonchev–Trinajstić information content (AvgIpc) is 2.30. The molecule has 0 saturated heterocycles. The molecule has 2 rings (SSSR count). The molecule has 0 N–H and O–H groups in total. The van der Waals surface area contributed by atoms with Gasteiger partial charge in [0.1, 0.15) is 14.5 Å². The van der Waals surface area contributed by atoms with E-state index in [1.807, 2.05) is 0 Å². The predicted octanol–water partition coefficient (Wildman–Crippen LogP) is 3.45. The molecule has 0 bridgehead atoms. The van der Waals surface area contributed by atoms with E-state index in [0.29, 0.717) is 5.73 Å². The Morgan fingerprint density at radius 1 is 1.27 bits per heavy atom. The van der Waals surface area contributed by atoms with Crippen molar-refractivity contribution in [3.63, 3.8) is 0 Å². The Kier molecular flexibility index (Phi) is 3.47. The van der Waals surface area contributed by atoms with Crippen molar-refractivity contribution in [2.45, 2.75) is 44.5 Å². The summed E-state index contributed by atoms with van der Waals surface area (Å²) in [7, 11) is -0.288. The maximum Gasteiger partial charge on any atom is 0.122 e. The quantitative estimate of drug-likeness (QED) is 0.707. The van der Waals surface area contributed by atoms with Gasteiger partial charge in [-0.05, 0) is 24.5 Å². The number of para-hydroxylation sites is 1. The van der Waals surface area contributed by atoms with Gasteiger partial charge in [-0.3, -0.25) is 0 Å². The largest absolute Gasteiger partial charge is 0.494 e. The van der Waals surface area contributed by atoms with Crippen LogP contribution >= 0.6 is 0 Å². The van der Waals surface area contributed by atoms with Crippen LogP contribution in [0.25, 0.3) is 0 Å². The van der Waals surface area contributed by atoms with Gasteiger partial charge in [0, 0.05) is 0 Å². The minimum atomic E-state index is -0.288. The summed E-state index contributed by atoms with van der Waals surface area (Å²) in [6.45, 7) is 4.61. The first-order chi connectivity index (χ1) is 7.35.